The summed E-state index contributed by atoms with van der Waals surface area (Å²) in [6, 6.07) is 11.5. The largest absolute Gasteiger partial charge is 0.384 e. The number of aromatic nitrogens is 5. The van der Waals surface area contributed by atoms with E-state index < -0.39 is 5.60 Å². The van der Waals surface area contributed by atoms with Crippen LogP contribution in [0.25, 0.3) is 16.9 Å². The van der Waals surface area contributed by atoms with Gasteiger partial charge >= 0.3 is 0 Å². The highest BCUT2D eigenvalue weighted by molar-refractivity contribution is 5.85. The van der Waals surface area contributed by atoms with Crippen LogP contribution in [0.15, 0.2) is 47.4 Å². The molecule has 4 aromatic rings. The molecule has 4 heterocycles. The fourth-order valence-corrected chi connectivity index (χ4v) is 4.31. The fraction of sp³-hybridized carbons (Fsp3) is 0.360. The van der Waals surface area contributed by atoms with Crippen LogP contribution in [0, 0.1) is 0 Å². The van der Waals surface area contributed by atoms with Crippen LogP contribution in [-0.4, -0.2) is 36.0 Å². The van der Waals surface area contributed by atoms with Gasteiger partial charge < -0.3 is 15.7 Å². The number of pyridine rings is 1. The van der Waals surface area contributed by atoms with Gasteiger partial charge in [-0.05, 0) is 76.1 Å². The predicted molar refractivity (Wildman–Crippen MR) is 139 cm³/mol. The number of nitrogens with zero attached hydrogens (tertiary/aromatic N) is 5. The second kappa shape index (κ2) is 9.41. The highest BCUT2D eigenvalue weighted by atomic mass is 35.5. The van der Waals surface area contributed by atoms with Gasteiger partial charge in [0.05, 0.1) is 5.69 Å². The van der Waals surface area contributed by atoms with E-state index in [9.17, 15) is 9.90 Å². The quantitative estimate of drug-likeness (QED) is 0.388. The van der Waals surface area contributed by atoms with E-state index in [-0.39, 0.29) is 24.0 Å². The molecular formula is C25H30ClN7O2. The summed E-state index contributed by atoms with van der Waals surface area (Å²) in [6.07, 6.45) is 2.54. The van der Waals surface area contributed by atoms with Gasteiger partial charge in [0.1, 0.15) is 11.0 Å². The lowest BCUT2D eigenvalue weighted by Crippen LogP contribution is -2.25. The lowest BCUT2D eigenvalue weighted by atomic mass is 10.0. The zero-order valence-corrected chi connectivity index (χ0v) is 21.1. The Kier molecular flexibility index (Phi) is 6.68. The lowest BCUT2D eigenvalue weighted by Gasteiger charge is -2.19. The molecule has 3 N–H and O–H groups in total. The van der Waals surface area contributed by atoms with Crippen molar-refractivity contribution in [3.63, 3.8) is 0 Å². The summed E-state index contributed by atoms with van der Waals surface area (Å²) in [6.45, 7) is 9.08. The molecule has 0 saturated heterocycles. The molecule has 5 rings (SSSR count). The molecule has 0 bridgehead atoms. The van der Waals surface area contributed by atoms with Gasteiger partial charge in [0, 0.05) is 24.5 Å². The zero-order valence-electron chi connectivity index (χ0n) is 20.2. The van der Waals surface area contributed by atoms with Crippen molar-refractivity contribution in [2.45, 2.75) is 52.3 Å². The highest BCUT2D eigenvalue weighted by Crippen LogP contribution is 2.24. The van der Waals surface area contributed by atoms with Gasteiger partial charge in [0.15, 0.2) is 11.5 Å². The van der Waals surface area contributed by atoms with Crippen LogP contribution in [0.3, 0.4) is 0 Å². The SMILES string of the molecule is CC(C)n1c(=O)c2cnc(Nc3ccc4c(c3)CCNC4)nc2n1-c1cccc(C(C)(C)O)n1.Cl. The molecule has 0 fully saturated rings. The third-order valence-corrected chi connectivity index (χ3v) is 6.04. The number of hydrogen-bond donors (Lipinski definition) is 3. The van der Waals surface area contributed by atoms with Crippen molar-refractivity contribution >= 4 is 35.1 Å². The first-order valence-corrected chi connectivity index (χ1v) is 11.5. The Bertz CT molecular complexity index is 1440. The van der Waals surface area contributed by atoms with E-state index >= 15 is 0 Å². The molecule has 1 aromatic carbocycles. The first-order valence-electron chi connectivity index (χ1n) is 11.5. The van der Waals surface area contributed by atoms with E-state index in [1.165, 1.54) is 11.1 Å². The Morgan fingerprint density at radius 2 is 1.94 bits per heavy atom. The van der Waals surface area contributed by atoms with Crippen molar-refractivity contribution in [3.8, 4) is 5.82 Å². The summed E-state index contributed by atoms with van der Waals surface area (Å²) in [5, 5.41) is 17.5. The van der Waals surface area contributed by atoms with Crippen LogP contribution >= 0.6 is 12.4 Å². The normalized spacial score (nSPS) is 13.5. The maximum Gasteiger partial charge on any atom is 0.278 e. The standard InChI is InChI=1S/C25H29N7O2.ClH/c1-15(2)31-23(33)19-14-27-24(28-18-9-8-17-13-26-11-10-16(17)12-18)30-22(19)32(31)21-7-5-6-20(29-21)25(3,4)34;/h5-9,12,14-15,26,34H,10-11,13H2,1-4H3,(H,27,28,30);1H. The Morgan fingerprint density at radius 3 is 2.69 bits per heavy atom. The Morgan fingerprint density at radius 1 is 1.14 bits per heavy atom. The summed E-state index contributed by atoms with van der Waals surface area (Å²) >= 11 is 0. The molecule has 10 heteroatoms. The number of hydrogen-bond acceptors (Lipinski definition) is 7. The van der Waals surface area contributed by atoms with Crippen molar-refractivity contribution in [1.82, 2.24) is 29.6 Å². The zero-order chi connectivity index (χ0) is 24.0. The Balaban J connectivity index is 0.00000289. The Hall–Kier alpha value is -3.27. The molecule has 1 aliphatic heterocycles. The molecule has 35 heavy (non-hydrogen) atoms. The van der Waals surface area contributed by atoms with Gasteiger partial charge in [-0.15, -0.1) is 12.4 Å². The molecule has 1 aliphatic rings. The van der Waals surface area contributed by atoms with Crippen molar-refractivity contribution in [3.05, 3.63) is 69.8 Å². The molecule has 0 amide bonds. The fourth-order valence-electron chi connectivity index (χ4n) is 4.31. The molecule has 0 unspecified atom stereocenters. The first-order chi connectivity index (χ1) is 16.2. The number of aliphatic hydroxyl groups is 1. The van der Waals surface area contributed by atoms with Crippen LogP contribution in [-0.2, 0) is 18.6 Å². The van der Waals surface area contributed by atoms with Crippen LogP contribution in [0.5, 0.6) is 0 Å². The number of halogens is 1. The maximum absolute atomic E-state index is 13.2. The number of anilines is 2. The van der Waals surface area contributed by atoms with Crippen LogP contribution in [0.1, 0.15) is 50.6 Å². The van der Waals surface area contributed by atoms with Gasteiger partial charge in [-0.1, -0.05) is 12.1 Å². The van der Waals surface area contributed by atoms with E-state index in [4.69, 9.17) is 4.98 Å². The second-order valence-corrected chi connectivity index (χ2v) is 9.46. The number of benzene rings is 1. The second-order valence-electron chi connectivity index (χ2n) is 9.46. The molecule has 0 atom stereocenters. The smallest absolute Gasteiger partial charge is 0.278 e. The number of fused-ring (bicyclic) bond motifs is 2. The van der Waals surface area contributed by atoms with Gasteiger partial charge in [-0.2, -0.15) is 4.98 Å². The van der Waals surface area contributed by atoms with Crippen LogP contribution in [0.4, 0.5) is 11.6 Å². The van der Waals surface area contributed by atoms with E-state index in [2.05, 4.69) is 32.7 Å². The van der Waals surface area contributed by atoms with Crippen molar-refractivity contribution in [1.29, 1.82) is 0 Å². The molecule has 0 saturated carbocycles. The summed E-state index contributed by atoms with van der Waals surface area (Å²) < 4.78 is 3.33. The minimum absolute atomic E-state index is 0. The number of nitrogens with one attached hydrogen (secondary N) is 2. The molecule has 0 radical (unpaired) electrons. The lowest BCUT2D eigenvalue weighted by molar-refractivity contribution is 0.0738. The average Bonchev–Trinajstić information content (AvgIpc) is 3.10. The van der Waals surface area contributed by atoms with Crippen molar-refractivity contribution < 1.29 is 5.11 Å². The predicted octanol–water partition coefficient (Wildman–Crippen LogP) is 3.60. The average molecular weight is 496 g/mol. The molecule has 0 aliphatic carbocycles. The number of rotatable bonds is 5. The van der Waals surface area contributed by atoms with Crippen LogP contribution < -0.4 is 16.2 Å². The van der Waals surface area contributed by atoms with Gasteiger partial charge in [-0.25, -0.2) is 19.3 Å². The molecule has 0 spiro atoms. The summed E-state index contributed by atoms with van der Waals surface area (Å²) in [5.41, 5.74) is 3.16. The minimum Gasteiger partial charge on any atom is -0.384 e. The van der Waals surface area contributed by atoms with Gasteiger partial charge in [0.2, 0.25) is 5.95 Å². The first kappa shape index (κ1) is 24.8. The van der Waals surface area contributed by atoms with E-state index in [0.717, 1.165) is 25.2 Å². The minimum atomic E-state index is -1.12. The third kappa shape index (κ3) is 4.67. The highest BCUT2D eigenvalue weighted by Gasteiger charge is 2.23. The monoisotopic (exact) mass is 495 g/mol. The van der Waals surface area contributed by atoms with E-state index in [1.54, 1.807) is 41.5 Å². The van der Waals surface area contributed by atoms with E-state index in [0.29, 0.717) is 28.5 Å². The van der Waals surface area contributed by atoms with Gasteiger partial charge in [-0.3, -0.25) is 4.79 Å². The maximum atomic E-state index is 13.2. The molecule has 3 aromatic heterocycles. The summed E-state index contributed by atoms with van der Waals surface area (Å²) in [7, 11) is 0. The molecule has 184 valence electrons. The van der Waals surface area contributed by atoms with Crippen molar-refractivity contribution in [2.24, 2.45) is 0 Å². The molecule has 9 nitrogen and oxygen atoms in total. The topological polar surface area (TPSA) is 110 Å². The molecular weight excluding hydrogens is 466 g/mol. The summed E-state index contributed by atoms with van der Waals surface area (Å²) in [4.78, 5) is 27.0. The van der Waals surface area contributed by atoms with Crippen LogP contribution in [0.2, 0.25) is 0 Å². The van der Waals surface area contributed by atoms with Gasteiger partial charge in [0.25, 0.3) is 5.56 Å². The van der Waals surface area contributed by atoms with E-state index in [1.807, 2.05) is 26.0 Å². The third-order valence-electron chi connectivity index (χ3n) is 6.04. The van der Waals surface area contributed by atoms with Crippen molar-refractivity contribution in [2.75, 3.05) is 11.9 Å². The Labute approximate surface area is 209 Å². The summed E-state index contributed by atoms with van der Waals surface area (Å²) in [5.74, 6) is 0.904.